The summed E-state index contributed by atoms with van der Waals surface area (Å²) < 4.78 is 19.2. The first-order valence-electron chi connectivity index (χ1n) is 10.4. The maximum absolute atomic E-state index is 13.2. The van der Waals surface area contributed by atoms with Crippen molar-refractivity contribution in [2.45, 2.75) is 13.5 Å². The number of nitrogens with one attached hydrogen (secondary N) is 1. The number of hydrogen-bond acceptors (Lipinski definition) is 3. The number of benzene rings is 4. The van der Waals surface area contributed by atoms with Gasteiger partial charge in [-0.15, -0.1) is 0 Å². The number of hydrogen-bond donors (Lipinski definition) is 1. The molecule has 1 N–H and O–H groups in total. The maximum atomic E-state index is 13.2. The van der Waals surface area contributed by atoms with E-state index in [1.807, 2.05) is 67.6 Å². The molecule has 0 fully saturated rings. The van der Waals surface area contributed by atoms with Crippen molar-refractivity contribution in [3.05, 3.63) is 113 Å². The first-order chi connectivity index (χ1) is 16.0. The van der Waals surface area contributed by atoms with E-state index < -0.39 is 5.91 Å². The van der Waals surface area contributed by atoms with Gasteiger partial charge in [-0.05, 0) is 65.2 Å². The highest BCUT2D eigenvalue weighted by Gasteiger charge is 2.14. The first kappa shape index (κ1) is 21.8. The fourth-order valence-electron chi connectivity index (χ4n) is 3.51. The minimum atomic E-state index is -0.500. The number of ether oxygens (including phenoxy) is 1. The van der Waals surface area contributed by atoms with Crippen LogP contribution in [-0.4, -0.2) is 5.91 Å². The number of carbonyl (C=O) groups excluding carboxylic acids is 1. The van der Waals surface area contributed by atoms with Crippen LogP contribution in [0.1, 0.15) is 16.7 Å². The molecule has 4 aromatic carbocycles. The van der Waals surface area contributed by atoms with Crippen molar-refractivity contribution in [3.63, 3.8) is 0 Å². The lowest BCUT2D eigenvalue weighted by Crippen LogP contribution is -2.13. The molecule has 4 aromatic rings. The molecule has 0 spiro atoms. The molecule has 4 rings (SSSR count). The van der Waals surface area contributed by atoms with Crippen molar-refractivity contribution in [2.24, 2.45) is 0 Å². The third-order valence-electron chi connectivity index (χ3n) is 5.17. The van der Waals surface area contributed by atoms with Crippen LogP contribution in [-0.2, 0) is 11.4 Å². The van der Waals surface area contributed by atoms with Crippen LogP contribution in [0, 0.1) is 24.1 Å². The summed E-state index contributed by atoms with van der Waals surface area (Å²) in [6.45, 7) is 2.15. The summed E-state index contributed by atoms with van der Waals surface area (Å²) in [5.41, 5.74) is 3.01. The number of amides is 1. The minimum Gasteiger partial charge on any atom is -0.488 e. The van der Waals surface area contributed by atoms with Crippen LogP contribution in [0.4, 0.5) is 10.1 Å². The fourth-order valence-corrected chi connectivity index (χ4v) is 3.51. The van der Waals surface area contributed by atoms with Gasteiger partial charge in [0.25, 0.3) is 5.91 Å². The molecule has 0 aliphatic carbocycles. The van der Waals surface area contributed by atoms with Crippen LogP contribution in [0.15, 0.2) is 90.5 Å². The number of fused-ring (bicyclic) bond motifs is 1. The van der Waals surface area contributed by atoms with Gasteiger partial charge in [0.2, 0.25) is 0 Å². The van der Waals surface area contributed by atoms with Gasteiger partial charge in [-0.25, -0.2) is 4.39 Å². The summed E-state index contributed by atoms with van der Waals surface area (Å²) >= 11 is 0. The largest absolute Gasteiger partial charge is 0.488 e. The van der Waals surface area contributed by atoms with Crippen LogP contribution < -0.4 is 10.1 Å². The molecule has 0 saturated heterocycles. The Kier molecular flexibility index (Phi) is 6.47. The molecule has 5 heteroatoms. The highest BCUT2D eigenvalue weighted by Crippen LogP contribution is 2.31. The third kappa shape index (κ3) is 5.25. The molecule has 0 bridgehead atoms. The molecule has 0 aromatic heterocycles. The fraction of sp³-hybridized carbons (Fsp3) is 0.0714. The van der Waals surface area contributed by atoms with Gasteiger partial charge < -0.3 is 10.1 Å². The lowest BCUT2D eigenvalue weighted by atomic mass is 10.0. The van der Waals surface area contributed by atoms with E-state index in [-0.39, 0.29) is 18.0 Å². The highest BCUT2D eigenvalue weighted by atomic mass is 19.1. The van der Waals surface area contributed by atoms with E-state index in [9.17, 15) is 14.4 Å². The molecule has 0 atom stereocenters. The number of nitriles is 1. The average Bonchev–Trinajstić information content (AvgIpc) is 2.82. The highest BCUT2D eigenvalue weighted by molar-refractivity contribution is 6.11. The van der Waals surface area contributed by atoms with E-state index in [1.165, 1.54) is 12.1 Å². The summed E-state index contributed by atoms with van der Waals surface area (Å²) in [4.78, 5) is 12.8. The van der Waals surface area contributed by atoms with Crippen LogP contribution >= 0.6 is 0 Å². The van der Waals surface area contributed by atoms with Crippen molar-refractivity contribution >= 4 is 28.4 Å². The van der Waals surface area contributed by atoms with E-state index in [1.54, 1.807) is 24.3 Å². The molecule has 0 radical (unpaired) electrons. The number of anilines is 1. The normalized spacial score (nSPS) is 11.1. The molecule has 0 aliphatic rings. The molecule has 0 saturated carbocycles. The Morgan fingerprint density at radius 2 is 1.82 bits per heavy atom. The first-order valence-corrected chi connectivity index (χ1v) is 10.4. The van der Waals surface area contributed by atoms with Gasteiger partial charge >= 0.3 is 0 Å². The van der Waals surface area contributed by atoms with Gasteiger partial charge in [0.15, 0.2) is 0 Å². The molecular formula is C28H21FN2O2. The lowest BCUT2D eigenvalue weighted by molar-refractivity contribution is -0.112. The van der Waals surface area contributed by atoms with Gasteiger partial charge in [0.05, 0.1) is 0 Å². The summed E-state index contributed by atoms with van der Waals surface area (Å²) in [5.74, 6) is -0.291. The van der Waals surface area contributed by atoms with E-state index in [0.717, 1.165) is 21.9 Å². The van der Waals surface area contributed by atoms with E-state index in [0.29, 0.717) is 17.0 Å². The van der Waals surface area contributed by atoms with Crippen molar-refractivity contribution in [2.75, 3.05) is 5.32 Å². The minimum absolute atomic E-state index is 0.0421. The summed E-state index contributed by atoms with van der Waals surface area (Å²) in [6.07, 6.45) is 1.55. The SMILES string of the molecule is Cc1cccc(NC(=O)/C(C#N)=C/c2c(OCc3ccc(F)cc3)ccc3ccccc23)c1. The third-order valence-corrected chi connectivity index (χ3v) is 5.17. The van der Waals surface area contributed by atoms with Gasteiger partial charge in [-0.3, -0.25) is 4.79 Å². The van der Waals surface area contributed by atoms with Crippen LogP contribution in [0.3, 0.4) is 0 Å². The Bertz CT molecular complexity index is 1390. The van der Waals surface area contributed by atoms with Gasteiger partial charge in [0.1, 0.15) is 29.8 Å². The van der Waals surface area contributed by atoms with E-state index in [2.05, 4.69) is 5.32 Å². The monoisotopic (exact) mass is 436 g/mol. The van der Waals surface area contributed by atoms with Gasteiger partial charge in [-0.1, -0.05) is 54.6 Å². The second-order valence-corrected chi connectivity index (χ2v) is 7.61. The van der Waals surface area contributed by atoms with Crippen LogP contribution in [0.5, 0.6) is 5.75 Å². The molecule has 162 valence electrons. The number of aryl methyl sites for hydroxylation is 1. The smallest absolute Gasteiger partial charge is 0.266 e. The Morgan fingerprint density at radius 3 is 2.58 bits per heavy atom. The predicted molar refractivity (Wildman–Crippen MR) is 128 cm³/mol. The molecule has 0 aliphatic heterocycles. The zero-order valence-corrected chi connectivity index (χ0v) is 18.0. The Morgan fingerprint density at radius 1 is 1.03 bits per heavy atom. The standard InChI is InChI=1S/C28H21FN2O2/c1-19-5-4-7-24(15-19)31-28(32)22(17-30)16-26-25-8-3-2-6-21(25)11-14-27(26)33-18-20-9-12-23(29)13-10-20/h2-16H,18H2,1H3,(H,31,32)/b22-16+. The van der Waals surface area contributed by atoms with Crippen LogP contribution in [0.2, 0.25) is 0 Å². The Labute approximate surface area is 191 Å². The second kappa shape index (κ2) is 9.80. The molecule has 0 heterocycles. The zero-order valence-electron chi connectivity index (χ0n) is 18.0. The summed E-state index contributed by atoms with van der Waals surface area (Å²) in [6, 6.07) is 26.9. The number of halogens is 1. The van der Waals surface area contributed by atoms with Crippen molar-refractivity contribution in [1.82, 2.24) is 0 Å². The average molecular weight is 436 g/mol. The lowest BCUT2D eigenvalue weighted by Gasteiger charge is -2.13. The second-order valence-electron chi connectivity index (χ2n) is 7.61. The van der Waals surface area contributed by atoms with E-state index in [4.69, 9.17) is 4.74 Å². The van der Waals surface area contributed by atoms with Gasteiger partial charge in [-0.2, -0.15) is 5.26 Å². The number of rotatable bonds is 6. The zero-order chi connectivity index (χ0) is 23.2. The van der Waals surface area contributed by atoms with Gasteiger partial charge in [0, 0.05) is 11.3 Å². The molecule has 4 nitrogen and oxygen atoms in total. The molecule has 0 unspecified atom stereocenters. The maximum Gasteiger partial charge on any atom is 0.266 e. The number of carbonyl (C=O) groups is 1. The molecule has 1 amide bonds. The van der Waals surface area contributed by atoms with Crippen LogP contribution in [0.25, 0.3) is 16.8 Å². The Hall–Kier alpha value is -4.43. The number of nitrogens with zero attached hydrogens (tertiary/aromatic N) is 1. The van der Waals surface area contributed by atoms with Crippen molar-refractivity contribution < 1.29 is 13.9 Å². The topological polar surface area (TPSA) is 62.1 Å². The Balaban J connectivity index is 1.69. The predicted octanol–water partition coefficient (Wildman–Crippen LogP) is 6.41. The van der Waals surface area contributed by atoms with Crippen molar-refractivity contribution in [1.29, 1.82) is 5.26 Å². The van der Waals surface area contributed by atoms with Crippen molar-refractivity contribution in [3.8, 4) is 11.8 Å². The summed E-state index contributed by atoms with van der Waals surface area (Å²) in [5, 5.41) is 14.3. The molecule has 33 heavy (non-hydrogen) atoms. The summed E-state index contributed by atoms with van der Waals surface area (Å²) in [7, 11) is 0. The van der Waals surface area contributed by atoms with E-state index >= 15 is 0 Å². The quantitative estimate of drug-likeness (QED) is 0.281. The molecular weight excluding hydrogens is 415 g/mol.